The number of hydrogen-bond donors (Lipinski definition) is 1. The number of nitrogens with one attached hydrogen (secondary N) is 1. The Kier molecular flexibility index (Phi) is 4.82. The van der Waals surface area contributed by atoms with E-state index in [1.807, 2.05) is 26.0 Å². The molecule has 0 aliphatic carbocycles. The number of benzene rings is 1. The summed E-state index contributed by atoms with van der Waals surface area (Å²) < 4.78 is 16.0. The van der Waals surface area contributed by atoms with Crippen LogP contribution in [0.15, 0.2) is 16.7 Å². The van der Waals surface area contributed by atoms with Gasteiger partial charge in [-0.05, 0) is 25.5 Å². The van der Waals surface area contributed by atoms with Crippen molar-refractivity contribution in [2.45, 2.75) is 46.1 Å². The zero-order valence-electron chi connectivity index (χ0n) is 14.9. The molecule has 0 aliphatic rings. The molecule has 6 nitrogen and oxygen atoms in total. The average molecular weight is 319 g/mol. The molecule has 1 atom stereocenters. The highest BCUT2D eigenvalue weighted by molar-refractivity contribution is 5.60. The highest BCUT2D eigenvalue weighted by atomic mass is 16.5. The van der Waals surface area contributed by atoms with E-state index in [0.29, 0.717) is 23.2 Å². The molecule has 0 aliphatic heterocycles. The molecule has 6 heteroatoms. The second-order valence-electron chi connectivity index (χ2n) is 6.59. The van der Waals surface area contributed by atoms with E-state index < -0.39 is 0 Å². The van der Waals surface area contributed by atoms with Crippen LogP contribution in [-0.2, 0) is 5.41 Å². The van der Waals surface area contributed by atoms with Gasteiger partial charge in [-0.15, -0.1) is 0 Å². The van der Waals surface area contributed by atoms with Crippen molar-refractivity contribution >= 4 is 5.69 Å². The van der Waals surface area contributed by atoms with Crippen molar-refractivity contribution in [2.75, 3.05) is 19.5 Å². The third-order valence-corrected chi connectivity index (χ3v) is 3.59. The second-order valence-corrected chi connectivity index (χ2v) is 6.59. The first kappa shape index (κ1) is 17.1. The van der Waals surface area contributed by atoms with Crippen LogP contribution in [-0.4, -0.2) is 24.4 Å². The van der Waals surface area contributed by atoms with Crippen LogP contribution >= 0.6 is 0 Å². The van der Waals surface area contributed by atoms with Gasteiger partial charge in [0, 0.05) is 17.2 Å². The molecule has 1 aromatic heterocycles. The van der Waals surface area contributed by atoms with Gasteiger partial charge in [0.2, 0.25) is 5.89 Å². The van der Waals surface area contributed by atoms with Crippen molar-refractivity contribution in [3.63, 3.8) is 0 Å². The third-order valence-electron chi connectivity index (χ3n) is 3.59. The molecule has 1 N–H and O–H groups in total. The van der Waals surface area contributed by atoms with Crippen molar-refractivity contribution in [3.05, 3.63) is 29.4 Å². The molecule has 126 valence electrons. The molecule has 1 unspecified atom stereocenters. The van der Waals surface area contributed by atoms with E-state index in [4.69, 9.17) is 14.0 Å². The Labute approximate surface area is 137 Å². The van der Waals surface area contributed by atoms with Crippen LogP contribution in [0.1, 0.15) is 51.0 Å². The fourth-order valence-corrected chi connectivity index (χ4v) is 2.15. The van der Waals surface area contributed by atoms with Crippen LogP contribution in [0.25, 0.3) is 0 Å². The Balaban J connectivity index is 2.23. The van der Waals surface area contributed by atoms with Crippen LogP contribution in [0, 0.1) is 6.92 Å². The van der Waals surface area contributed by atoms with Crippen molar-refractivity contribution in [1.29, 1.82) is 0 Å². The summed E-state index contributed by atoms with van der Waals surface area (Å²) in [7, 11) is 3.24. The van der Waals surface area contributed by atoms with Crippen molar-refractivity contribution < 1.29 is 14.0 Å². The zero-order chi connectivity index (χ0) is 17.2. The monoisotopic (exact) mass is 319 g/mol. The Morgan fingerprint density at radius 3 is 2.26 bits per heavy atom. The van der Waals surface area contributed by atoms with Crippen molar-refractivity contribution in [3.8, 4) is 11.5 Å². The number of nitrogens with zero attached hydrogens (tertiary/aromatic N) is 2. The lowest BCUT2D eigenvalue weighted by Gasteiger charge is -2.17. The number of anilines is 1. The van der Waals surface area contributed by atoms with E-state index in [1.54, 1.807) is 14.2 Å². The van der Waals surface area contributed by atoms with Crippen LogP contribution in [0.3, 0.4) is 0 Å². The molecule has 1 aromatic carbocycles. The standard InChI is InChI=1S/C17H25N3O3/c1-10-8-13(21-6)14(22-7)9-12(10)18-11(2)15-19-16(20-23-15)17(3,4)5/h8-9,11,18H,1-7H3. The maximum absolute atomic E-state index is 5.39. The van der Waals surface area contributed by atoms with Crippen LogP contribution in [0.2, 0.25) is 0 Å². The van der Waals surface area contributed by atoms with Gasteiger partial charge in [-0.2, -0.15) is 4.98 Å². The average Bonchev–Trinajstić information content (AvgIpc) is 2.98. The molecule has 23 heavy (non-hydrogen) atoms. The predicted octanol–water partition coefficient (Wildman–Crippen LogP) is 3.87. The SMILES string of the molecule is COc1cc(C)c(NC(C)c2nc(C(C)(C)C)no2)cc1OC. The molecule has 0 amide bonds. The molecule has 0 radical (unpaired) electrons. The molecule has 0 saturated heterocycles. The Morgan fingerprint density at radius 2 is 1.74 bits per heavy atom. The number of hydrogen-bond acceptors (Lipinski definition) is 6. The topological polar surface area (TPSA) is 69.4 Å². The number of methoxy groups -OCH3 is 2. The van der Waals surface area contributed by atoms with Gasteiger partial charge in [0.15, 0.2) is 17.3 Å². The van der Waals surface area contributed by atoms with Crippen molar-refractivity contribution in [1.82, 2.24) is 10.1 Å². The Bertz CT molecular complexity index is 674. The second kappa shape index (κ2) is 6.48. The van der Waals surface area contributed by atoms with Crippen LogP contribution in [0.4, 0.5) is 5.69 Å². The number of aryl methyl sites for hydroxylation is 1. The highest BCUT2D eigenvalue weighted by Gasteiger charge is 2.23. The summed E-state index contributed by atoms with van der Waals surface area (Å²) in [5, 5.41) is 7.45. The first-order valence-electron chi connectivity index (χ1n) is 7.59. The smallest absolute Gasteiger partial charge is 0.248 e. The van der Waals surface area contributed by atoms with Crippen LogP contribution in [0.5, 0.6) is 11.5 Å². The summed E-state index contributed by atoms with van der Waals surface area (Å²) >= 11 is 0. The summed E-state index contributed by atoms with van der Waals surface area (Å²) in [5.74, 6) is 2.64. The van der Waals surface area contributed by atoms with Crippen LogP contribution < -0.4 is 14.8 Å². The summed E-state index contributed by atoms with van der Waals surface area (Å²) in [5.41, 5.74) is 1.84. The summed E-state index contributed by atoms with van der Waals surface area (Å²) in [6, 6.07) is 3.73. The normalized spacial score (nSPS) is 12.8. The van der Waals surface area contributed by atoms with Gasteiger partial charge in [-0.3, -0.25) is 0 Å². The minimum Gasteiger partial charge on any atom is -0.493 e. The van der Waals surface area contributed by atoms with E-state index in [1.165, 1.54) is 0 Å². The van der Waals surface area contributed by atoms with E-state index >= 15 is 0 Å². The molecular formula is C17H25N3O3. The Morgan fingerprint density at radius 1 is 1.13 bits per heavy atom. The van der Waals surface area contributed by atoms with Gasteiger partial charge >= 0.3 is 0 Å². The van der Waals surface area contributed by atoms with Gasteiger partial charge < -0.3 is 19.3 Å². The van der Waals surface area contributed by atoms with Gasteiger partial charge in [-0.25, -0.2) is 0 Å². The van der Waals surface area contributed by atoms with Gasteiger partial charge in [0.05, 0.1) is 14.2 Å². The molecule has 2 rings (SSSR count). The predicted molar refractivity (Wildman–Crippen MR) is 89.3 cm³/mol. The first-order valence-corrected chi connectivity index (χ1v) is 7.59. The molecule has 0 fully saturated rings. The Hall–Kier alpha value is -2.24. The molecule has 0 saturated carbocycles. The van der Waals surface area contributed by atoms with E-state index in [2.05, 4.69) is 36.2 Å². The van der Waals surface area contributed by atoms with Crippen molar-refractivity contribution in [2.24, 2.45) is 0 Å². The lowest BCUT2D eigenvalue weighted by molar-refractivity contribution is 0.352. The highest BCUT2D eigenvalue weighted by Crippen LogP contribution is 2.34. The molecule has 0 bridgehead atoms. The first-order chi connectivity index (χ1) is 10.8. The number of rotatable bonds is 5. The van der Waals surface area contributed by atoms with E-state index in [-0.39, 0.29) is 11.5 Å². The largest absolute Gasteiger partial charge is 0.493 e. The summed E-state index contributed by atoms with van der Waals surface area (Å²) in [6.07, 6.45) is 0. The number of aromatic nitrogens is 2. The zero-order valence-corrected chi connectivity index (χ0v) is 14.9. The lowest BCUT2D eigenvalue weighted by Crippen LogP contribution is -2.14. The molecular weight excluding hydrogens is 294 g/mol. The van der Waals surface area contributed by atoms with Gasteiger partial charge in [-0.1, -0.05) is 25.9 Å². The maximum Gasteiger partial charge on any atom is 0.248 e. The van der Waals surface area contributed by atoms with E-state index in [9.17, 15) is 0 Å². The maximum atomic E-state index is 5.39. The fraction of sp³-hybridized carbons (Fsp3) is 0.529. The number of ether oxygens (including phenoxy) is 2. The fourth-order valence-electron chi connectivity index (χ4n) is 2.15. The minimum atomic E-state index is -0.138. The summed E-state index contributed by atoms with van der Waals surface area (Å²) in [6.45, 7) is 10.1. The lowest BCUT2D eigenvalue weighted by atomic mass is 9.96. The molecule has 2 aromatic rings. The summed E-state index contributed by atoms with van der Waals surface area (Å²) in [4.78, 5) is 4.49. The molecule has 0 spiro atoms. The van der Waals surface area contributed by atoms with Gasteiger partial charge in [0.25, 0.3) is 0 Å². The molecule has 1 heterocycles. The van der Waals surface area contributed by atoms with Gasteiger partial charge in [0.1, 0.15) is 6.04 Å². The quantitative estimate of drug-likeness (QED) is 0.902. The third kappa shape index (κ3) is 3.75. The minimum absolute atomic E-state index is 0.115. The van der Waals surface area contributed by atoms with E-state index in [0.717, 1.165) is 11.3 Å².